The molecule has 2 unspecified atom stereocenters. The van der Waals surface area contributed by atoms with Crippen LogP contribution in [0.4, 0.5) is 4.79 Å². The average molecular weight is 292 g/mol. The smallest absolute Gasteiger partial charge is 0.315 e. The van der Waals surface area contributed by atoms with Gasteiger partial charge in [-0.15, -0.1) is 0 Å². The molecule has 0 aromatic heterocycles. The van der Waals surface area contributed by atoms with Gasteiger partial charge in [-0.3, -0.25) is 0 Å². The summed E-state index contributed by atoms with van der Waals surface area (Å²) >= 11 is 0. The number of hydrogen-bond acceptors (Lipinski definition) is 3. The Labute approximate surface area is 125 Å². The van der Waals surface area contributed by atoms with Crippen molar-refractivity contribution in [1.82, 2.24) is 10.6 Å². The van der Waals surface area contributed by atoms with Gasteiger partial charge in [-0.2, -0.15) is 0 Å². The molecule has 1 fully saturated rings. The van der Waals surface area contributed by atoms with E-state index in [4.69, 9.17) is 4.74 Å². The van der Waals surface area contributed by atoms with Crippen molar-refractivity contribution in [3.8, 4) is 5.75 Å². The molecule has 5 heteroatoms. The van der Waals surface area contributed by atoms with Crippen LogP contribution in [0.2, 0.25) is 0 Å². The number of benzene rings is 1. The van der Waals surface area contributed by atoms with E-state index in [2.05, 4.69) is 10.6 Å². The predicted molar refractivity (Wildman–Crippen MR) is 81.3 cm³/mol. The van der Waals surface area contributed by atoms with Gasteiger partial charge >= 0.3 is 6.03 Å². The van der Waals surface area contributed by atoms with E-state index in [1.165, 1.54) is 19.3 Å². The molecule has 0 saturated heterocycles. The number of carbonyl (C=O) groups is 1. The second-order valence-corrected chi connectivity index (χ2v) is 5.63. The molecule has 0 bridgehead atoms. The van der Waals surface area contributed by atoms with E-state index in [9.17, 15) is 9.90 Å². The van der Waals surface area contributed by atoms with Crippen LogP contribution in [-0.2, 0) is 0 Å². The van der Waals surface area contributed by atoms with Gasteiger partial charge in [-0.25, -0.2) is 4.79 Å². The maximum atomic E-state index is 11.8. The van der Waals surface area contributed by atoms with Crippen molar-refractivity contribution >= 4 is 6.03 Å². The van der Waals surface area contributed by atoms with Crippen LogP contribution in [0, 0.1) is 5.92 Å². The van der Waals surface area contributed by atoms with E-state index in [1.807, 2.05) is 25.1 Å². The summed E-state index contributed by atoms with van der Waals surface area (Å²) in [6.45, 7) is 2.21. The molecule has 2 amide bonds. The van der Waals surface area contributed by atoms with E-state index >= 15 is 0 Å². The molecule has 3 N–H and O–H groups in total. The molecular weight excluding hydrogens is 268 g/mol. The Kier molecular flexibility index (Phi) is 5.44. The van der Waals surface area contributed by atoms with Crippen LogP contribution in [0.25, 0.3) is 0 Å². The zero-order valence-electron chi connectivity index (χ0n) is 12.6. The lowest BCUT2D eigenvalue weighted by Gasteiger charge is -2.31. The number of nitrogens with one attached hydrogen (secondary N) is 2. The van der Waals surface area contributed by atoms with Gasteiger partial charge in [-0.05, 0) is 43.4 Å². The number of ether oxygens (including phenoxy) is 1. The van der Waals surface area contributed by atoms with Crippen LogP contribution < -0.4 is 15.4 Å². The quantitative estimate of drug-likeness (QED) is 0.753. The van der Waals surface area contributed by atoms with Gasteiger partial charge in [0.2, 0.25) is 0 Å². The molecule has 0 radical (unpaired) electrons. The number of hydrogen-bond donors (Lipinski definition) is 3. The number of aliphatic hydroxyl groups is 1. The summed E-state index contributed by atoms with van der Waals surface area (Å²) in [7, 11) is 1.58. The number of aliphatic hydroxyl groups excluding tert-OH is 1. The monoisotopic (exact) mass is 292 g/mol. The van der Waals surface area contributed by atoms with Gasteiger partial charge in [0.05, 0.1) is 13.2 Å². The fraction of sp³-hybridized carbons (Fsp3) is 0.562. The Balaban J connectivity index is 1.77. The molecule has 1 aliphatic rings. The fourth-order valence-electron chi connectivity index (χ4n) is 2.47. The van der Waals surface area contributed by atoms with Crippen molar-refractivity contribution in [3.63, 3.8) is 0 Å². The van der Waals surface area contributed by atoms with Gasteiger partial charge in [0.25, 0.3) is 0 Å². The lowest BCUT2D eigenvalue weighted by Crippen LogP contribution is -2.46. The molecule has 0 spiro atoms. The SMILES string of the molecule is COc1cccc(C(O)CNC(=O)NC(C)C2CCC2)c1. The van der Waals surface area contributed by atoms with E-state index in [0.29, 0.717) is 11.7 Å². The minimum Gasteiger partial charge on any atom is -0.497 e. The standard InChI is InChI=1S/C16H24N2O3/c1-11(12-5-3-6-12)18-16(20)17-10-15(19)13-7-4-8-14(9-13)21-2/h4,7-9,11-12,15,19H,3,5-6,10H2,1-2H3,(H2,17,18,20). The maximum Gasteiger partial charge on any atom is 0.315 e. The molecule has 0 heterocycles. The molecule has 1 aromatic rings. The second kappa shape index (κ2) is 7.31. The molecule has 1 saturated carbocycles. The van der Waals surface area contributed by atoms with Crippen LogP contribution in [0.3, 0.4) is 0 Å². The summed E-state index contributed by atoms with van der Waals surface area (Å²) in [6.07, 6.45) is 2.89. The lowest BCUT2D eigenvalue weighted by atomic mass is 9.80. The number of methoxy groups -OCH3 is 1. The Morgan fingerprint density at radius 1 is 1.48 bits per heavy atom. The summed E-state index contributed by atoms with van der Waals surface area (Å²) in [5, 5.41) is 15.7. The Hall–Kier alpha value is -1.75. The van der Waals surface area contributed by atoms with Crippen LogP contribution in [0.15, 0.2) is 24.3 Å². The Morgan fingerprint density at radius 2 is 2.24 bits per heavy atom. The molecular formula is C16H24N2O3. The summed E-state index contributed by atoms with van der Waals surface area (Å²) in [4.78, 5) is 11.8. The van der Waals surface area contributed by atoms with Crippen molar-refractivity contribution in [2.45, 2.75) is 38.3 Å². The van der Waals surface area contributed by atoms with Gasteiger partial charge < -0.3 is 20.5 Å². The minimum absolute atomic E-state index is 0.177. The van der Waals surface area contributed by atoms with Crippen LogP contribution in [0.1, 0.15) is 37.9 Å². The highest BCUT2D eigenvalue weighted by atomic mass is 16.5. The fourth-order valence-corrected chi connectivity index (χ4v) is 2.47. The largest absolute Gasteiger partial charge is 0.497 e. The van der Waals surface area contributed by atoms with Crippen LogP contribution in [0.5, 0.6) is 5.75 Å². The lowest BCUT2D eigenvalue weighted by molar-refractivity contribution is 0.169. The third kappa shape index (κ3) is 4.36. The first kappa shape index (κ1) is 15.6. The Morgan fingerprint density at radius 3 is 2.86 bits per heavy atom. The Bertz CT molecular complexity index is 474. The van der Waals surface area contributed by atoms with Crippen LogP contribution >= 0.6 is 0 Å². The number of rotatable bonds is 6. The highest BCUT2D eigenvalue weighted by Gasteiger charge is 2.25. The minimum atomic E-state index is -0.746. The topological polar surface area (TPSA) is 70.6 Å². The van der Waals surface area contributed by atoms with Gasteiger partial charge in [0, 0.05) is 12.6 Å². The highest BCUT2D eigenvalue weighted by Crippen LogP contribution is 2.29. The summed E-state index contributed by atoms with van der Waals surface area (Å²) in [5.41, 5.74) is 0.724. The molecule has 116 valence electrons. The summed E-state index contributed by atoms with van der Waals surface area (Å²) in [5.74, 6) is 1.29. The van der Waals surface area contributed by atoms with Crippen molar-refractivity contribution in [2.24, 2.45) is 5.92 Å². The highest BCUT2D eigenvalue weighted by molar-refractivity contribution is 5.74. The summed E-state index contributed by atoms with van der Waals surface area (Å²) < 4.78 is 5.12. The normalized spacial score (nSPS) is 17.5. The first-order valence-corrected chi connectivity index (χ1v) is 7.46. The van der Waals surface area contributed by atoms with Crippen molar-refractivity contribution < 1.29 is 14.6 Å². The molecule has 1 aromatic carbocycles. The number of amides is 2. The van der Waals surface area contributed by atoms with Crippen molar-refractivity contribution in [1.29, 1.82) is 0 Å². The second-order valence-electron chi connectivity index (χ2n) is 5.63. The molecule has 0 aliphatic heterocycles. The average Bonchev–Trinajstić information content (AvgIpc) is 2.42. The van der Waals surface area contributed by atoms with Crippen LogP contribution in [-0.4, -0.2) is 30.8 Å². The van der Waals surface area contributed by atoms with E-state index in [1.54, 1.807) is 13.2 Å². The number of urea groups is 1. The van der Waals surface area contributed by atoms with Gasteiger partial charge in [0.1, 0.15) is 5.75 Å². The zero-order valence-corrected chi connectivity index (χ0v) is 12.6. The van der Waals surface area contributed by atoms with Gasteiger partial charge in [-0.1, -0.05) is 18.6 Å². The maximum absolute atomic E-state index is 11.8. The van der Waals surface area contributed by atoms with E-state index in [-0.39, 0.29) is 18.6 Å². The number of carbonyl (C=O) groups excluding carboxylic acids is 1. The zero-order chi connectivity index (χ0) is 15.2. The summed E-state index contributed by atoms with van der Waals surface area (Å²) in [6, 6.07) is 7.17. The van der Waals surface area contributed by atoms with Crippen molar-refractivity contribution in [2.75, 3.05) is 13.7 Å². The van der Waals surface area contributed by atoms with Gasteiger partial charge in [0.15, 0.2) is 0 Å². The first-order chi connectivity index (χ1) is 10.1. The molecule has 21 heavy (non-hydrogen) atoms. The molecule has 1 aliphatic carbocycles. The molecule has 2 rings (SSSR count). The van der Waals surface area contributed by atoms with E-state index in [0.717, 1.165) is 5.56 Å². The van der Waals surface area contributed by atoms with Crippen molar-refractivity contribution in [3.05, 3.63) is 29.8 Å². The third-order valence-electron chi connectivity index (χ3n) is 4.15. The third-order valence-corrected chi connectivity index (χ3v) is 4.15. The van der Waals surface area contributed by atoms with E-state index < -0.39 is 6.10 Å². The first-order valence-electron chi connectivity index (χ1n) is 7.46. The molecule has 2 atom stereocenters. The predicted octanol–water partition coefficient (Wildman–Crippen LogP) is 2.22. The molecule has 5 nitrogen and oxygen atoms in total.